The monoisotopic (exact) mass is 250 g/mol. The molecular weight excluding hydrogens is 243 g/mol. The van der Waals surface area contributed by atoms with Crippen LogP contribution in [0.4, 0.5) is 0 Å². The van der Waals surface area contributed by atoms with Crippen molar-refractivity contribution in [2.45, 2.75) is 0 Å². The van der Waals surface area contributed by atoms with Gasteiger partial charge in [-0.3, -0.25) is 4.72 Å². The first kappa shape index (κ1) is 15.8. The van der Waals surface area contributed by atoms with E-state index in [0.29, 0.717) is 0 Å². The van der Waals surface area contributed by atoms with Crippen LogP contribution in [0, 0.1) is 11.3 Å². The number of hydrogen-bond donors (Lipinski definition) is 1. The van der Waals surface area contributed by atoms with Crippen LogP contribution in [0.5, 0.6) is 0 Å². The normalized spacial score (nSPS) is 9.33. The van der Waals surface area contributed by atoms with E-state index >= 15 is 0 Å². The Morgan fingerprint density at radius 3 is 2.67 bits per heavy atom. The second-order valence-electron chi connectivity index (χ2n) is 1.61. The van der Waals surface area contributed by atoms with Crippen LogP contribution in [-0.2, 0) is 10.0 Å². The molecule has 0 aliphatic heterocycles. The Labute approximate surface area is 125 Å². The Morgan fingerprint density at radius 2 is 2.33 bits per heavy atom. The van der Waals surface area contributed by atoms with E-state index in [9.17, 15) is 8.42 Å². The topological polar surface area (TPSA) is 70.0 Å². The minimum absolute atomic E-state index is 0. The van der Waals surface area contributed by atoms with E-state index in [1.54, 1.807) is 0 Å². The van der Waals surface area contributed by atoms with Crippen LogP contribution in [0.2, 0.25) is 0 Å². The number of nitrogens with one attached hydrogen (secondary N) is 1. The number of nitrogens with zero attached hydrogens (tertiary/aromatic N) is 1. The molecular formula is C4H7KN2O2S3. The second kappa shape index (κ2) is 7.70. The van der Waals surface area contributed by atoms with Crippen LogP contribution in [0.15, 0.2) is 0 Å². The molecule has 0 saturated carbocycles. The summed E-state index contributed by atoms with van der Waals surface area (Å²) in [6.45, 7) is 0. The fourth-order valence-corrected chi connectivity index (χ4v) is 2.10. The third-order valence-corrected chi connectivity index (χ3v) is 2.46. The van der Waals surface area contributed by atoms with Crippen LogP contribution in [0.1, 0.15) is 1.43 Å². The predicted octanol–water partition coefficient (Wildman–Crippen LogP) is -2.81. The molecule has 0 unspecified atom stereocenters. The van der Waals surface area contributed by atoms with Gasteiger partial charge in [-0.05, 0) is 0 Å². The maximum absolute atomic E-state index is 10.5. The van der Waals surface area contributed by atoms with Crippen LogP contribution < -0.4 is 56.1 Å². The smallest absolute Gasteiger partial charge is 1.00 e. The summed E-state index contributed by atoms with van der Waals surface area (Å²) < 4.78 is 23.2. The van der Waals surface area contributed by atoms with E-state index in [4.69, 9.17) is 5.26 Å². The summed E-state index contributed by atoms with van der Waals surface area (Å²) in [6, 6.07) is 1.83. The molecule has 12 heavy (non-hydrogen) atoms. The molecule has 0 spiro atoms. The van der Waals surface area contributed by atoms with Crippen molar-refractivity contribution in [1.82, 2.24) is 4.72 Å². The molecule has 0 bridgehead atoms. The number of rotatable bonds is 2. The molecule has 0 saturated heterocycles. The minimum Gasteiger partial charge on any atom is -1.00 e. The van der Waals surface area contributed by atoms with Crippen LogP contribution >= 0.6 is 24.0 Å². The van der Waals surface area contributed by atoms with Gasteiger partial charge < -0.3 is 1.43 Å². The molecule has 0 aliphatic carbocycles. The molecule has 0 amide bonds. The van der Waals surface area contributed by atoms with E-state index in [-0.39, 0.29) is 62.9 Å². The van der Waals surface area contributed by atoms with Crippen molar-refractivity contribution >= 4 is 38.3 Å². The van der Waals surface area contributed by atoms with Crippen molar-refractivity contribution in [3.05, 3.63) is 0 Å². The van der Waals surface area contributed by atoms with E-state index in [1.807, 2.05) is 6.07 Å². The van der Waals surface area contributed by atoms with Crippen LogP contribution in [-0.4, -0.2) is 24.7 Å². The van der Waals surface area contributed by atoms with Gasteiger partial charge in [0.2, 0.25) is 10.0 Å². The molecule has 0 aromatic carbocycles. The molecule has 0 aromatic rings. The quantitative estimate of drug-likeness (QED) is 0.423. The Hall–Kier alpha value is 1.32. The van der Waals surface area contributed by atoms with Gasteiger partial charge in [-0.25, -0.2) is 8.42 Å². The standard InChI is InChI=1S/C4H6N2O2S3.K.H/c1-11(7,8)6-4(9)10-3-2-5;;/h3H2,1H3,(H,6,9);;/q;+1;-1. The van der Waals surface area contributed by atoms with Gasteiger partial charge in [0.15, 0.2) is 0 Å². The van der Waals surface area contributed by atoms with Crippen LogP contribution in [0.25, 0.3) is 0 Å². The number of nitriles is 1. The van der Waals surface area contributed by atoms with E-state index in [0.717, 1.165) is 18.0 Å². The molecule has 0 aliphatic rings. The van der Waals surface area contributed by atoms with Crippen molar-refractivity contribution in [3.63, 3.8) is 0 Å². The fraction of sp³-hybridized carbons (Fsp3) is 0.500. The molecule has 0 heterocycles. The summed E-state index contributed by atoms with van der Waals surface area (Å²) in [5.41, 5.74) is 0. The van der Waals surface area contributed by atoms with Crippen molar-refractivity contribution in [3.8, 4) is 6.07 Å². The molecule has 0 rings (SSSR count). The van der Waals surface area contributed by atoms with E-state index < -0.39 is 10.0 Å². The van der Waals surface area contributed by atoms with Crippen LogP contribution in [0.3, 0.4) is 0 Å². The van der Waals surface area contributed by atoms with Crippen molar-refractivity contribution in [2.24, 2.45) is 0 Å². The maximum atomic E-state index is 10.5. The van der Waals surface area contributed by atoms with Gasteiger partial charge in [0, 0.05) is 0 Å². The number of thioether (sulfide) groups is 1. The zero-order valence-corrected chi connectivity index (χ0v) is 12.3. The van der Waals surface area contributed by atoms with Gasteiger partial charge in [-0.2, -0.15) is 5.26 Å². The van der Waals surface area contributed by atoms with Crippen molar-refractivity contribution in [1.29, 1.82) is 5.26 Å². The third kappa shape index (κ3) is 11.3. The molecule has 0 fully saturated rings. The van der Waals surface area contributed by atoms with Gasteiger partial charge in [-0.1, -0.05) is 24.0 Å². The van der Waals surface area contributed by atoms with E-state index in [1.165, 1.54) is 0 Å². The molecule has 1 N–H and O–H groups in total. The molecule has 0 aromatic heterocycles. The Balaban J connectivity index is -0.000000500. The molecule has 4 nitrogen and oxygen atoms in total. The van der Waals surface area contributed by atoms with Gasteiger partial charge in [0.05, 0.1) is 18.1 Å². The summed E-state index contributed by atoms with van der Waals surface area (Å²) in [7, 11) is -3.28. The molecule has 0 radical (unpaired) electrons. The molecule has 8 heteroatoms. The van der Waals surface area contributed by atoms with Gasteiger partial charge in [-0.15, -0.1) is 0 Å². The first-order valence-corrected chi connectivity index (χ1v) is 5.76. The minimum atomic E-state index is -3.28. The average molecular weight is 250 g/mol. The SMILES string of the molecule is CS(=O)(=O)NC(=S)SCC#N.[H-].[K+]. The average Bonchev–Trinajstić information content (AvgIpc) is 1.79. The summed E-state index contributed by atoms with van der Waals surface area (Å²) in [4.78, 5) is 0. The van der Waals surface area contributed by atoms with Gasteiger partial charge in [0.25, 0.3) is 0 Å². The summed E-state index contributed by atoms with van der Waals surface area (Å²) in [5, 5.41) is 8.11. The fourth-order valence-electron chi connectivity index (χ4n) is 0.279. The molecule has 0 atom stereocenters. The van der Waals surface area contributed by atoms with Crippen molar-refractivity contribution in [2.75, 3.05) is 12.0 Å². The predicted molar refractivity (Wildman–Crippen MR) is 49.8 cm³/mol. The Morgan fingerprint density at radius 1 is 1.83 bits per heavy atom. The number of hydrogen-bond acceptors (Lipinski definition) is 5. The largest absolute Gasteiger partial charge is 1.00 e. The first-order valence-electron chi connectivity index (χ1n) is 2.47. The zero-order valence-electron chi connectivity index (χ0n) is 7.70. The number of sulfonamides is 1. The maximum Gasteiger partial charge on any atom is 1.00 e. The zero-order chi connectivity index (χ0) is 8.91. The Kier molecular flexibility index (Phi) is 10.1. The summed E-state index contributed by atoms with van der Waals surface area (Å²) in [5.74, 6) is 0.154. The molecule has 64 valence electrons. The number of thiocarbonyl (C=S) groups is 1. The van der Waals surface area contributed by atoms with Gasteiger partial charge in [0.1, 0.15) is 4.32 Å². The first-order chi connectivity index (χ1) is 4.95. The summed E-state index contributed by atoms with van der Waals surface area (Å²) >= 11 is 5.57. The summed E-state index contributed by atoms with van der Waals surface area (Å²) in [6.07, 6.45) is 1.01. The van der Waals surface area contributed by atoms with E-state index in [2.05, 4.69) is 16.9 Å². The Bertz CT molecular complexity index is 286. The third-order valence-electron chi connectivity index (χ3n) is 0.537. The second-order valence-corrected chi connectivity index (χ2v) is 5.01. The van der Waals surface area contributed by atoms with Crippen molar-refractivity contribution < 1.29 is 61.2 Å². The van der Waals surface area contributed by atoms with Gasteiger partial charge >= 0.3 is 51.4 Å².